The summed E-state index contributed by atoms with van der Waals surface area (Å²) in [6.45, 7) is 5.30. The summed E-state index contributed by atoms with van der Waals surface area (Å²) in [7, 11) is 2.15. The van der Waals surface area contributed by atoms with Gasteiger partial charge in [-0.05, 0) is 26.4 Å². The largest absolute Gasteiger partial charge is 0.465 e. The molecule has 29 heavy (non-hydrogen) atoms. The van der Waals surface area contributed by atoms with Crippen LogP contribution in [0.3, 0.4) is 0 Å². The molecule has 4 aliphatic rings. The summed E-state index contributed by atoms with van der Waals surface area (Å²) in [5.74, 6) is 0.378. The Bertz CT molecular complexity index is 629. The molecule has 5 unspecified atom stereocenters. The number of hydrogen-bond donors (Lipinski definition) is 4. The summed E-state index contributed by atoms with van der Waals surface area (Å²) in [5, 5.41) is 29.3. The van der Waals surface area contributed by atoms with Gasteiger partial charge in [-0.15, -0.1) is 0 Å². The fourth-order valence-electron chi connectivity index (χ4n) is 5.27. The SMILES string of the molecule is CN1CCC[C@H]1COC1NC2CNCC2C(N2CCN(C(=O)O)C(CC#N)C2)N1. The number of fused-ring (bicyclic) bond motifs is 1. The van der Waals surface area contributed by atoms with Crippen molar-refractivity contribution in [3.8, 4) is 6.07 Å². The minimum Gasteiger partial charge on any atom is -0.465 e. The van der Waals surface area contributed by atoms with Crippen molar-refractivity contribution < 1.29 is 14.6 Å². The molecule has 4 aliphatic heterocycles. The number of carboxylic acid groups (broad SMARTS) is 1. The third kappa shape index (κ3) is 4.50. The molecule has 4 fully saturated rings. The van der Waals surface area contributed by atoms with Gasteiger partial charge in [0, 0.05) is 50.7 Å². The van der Waals surface area contributed by atoms with E-state index in [9.17, 15) is 9.90 Å². The van der Waals surface area contributed by atoms with Crippen molar-refractivity contribution in [3.05, 3.63) is 0 Å². The number of likely N-dealkylation sites (tertiary alicyclic amines) is 1. The van der Waals surface area contributed by atoms with Crippen molar-refractivity contribution in [1.29, 1.82) is 5.26 Å². The van der Waals surface area contributed by atoms with E-state index in [1.54, 1.807) is 0 Å². The maximum Gasteiger partial charge on any atom is 0.407 e. The van der Waals surface area contributed by atoms with Crippen LogP contribution in [-0.2, 0) is 4.74 Å². The van der Waals surface area contributed by atoms with E-state index in [0.717, 1.165) is 19.6 Å². The maximum atomic E-state index is 11.5. The van der Waals surface area contributed by atoms with Gasteiger partial charge in [-0.25, -0.2) is 4.79 Å². The van der Waals surface area contributed by atoms with Crippen LogP contribution in [0.5, 0.6) is 0 Å². The van der Waals surface area contributed by atoms with Crippen LogP contribution in [0.25, 0.3) is 0 Å². The number of nitrogens with one attached hydrogen (secondary N) is 3. The number of rotatable bonds is 5. The number of carbonyl (C=O) groups is 1. The second-order valence-corrected chi connectivity index (χ2v) is 8.68. The van der Waals surface area contributed by atoms with Crippen molar-refractivity contribution in [1.82, 2.24) is 30.7 Å². The van der Waals surface area contributed by atoms with E-state index in [-0.39, 0.29) is 25.0 Å². The number of hydrogen-bond acceptors (Lipinski definition) is 8. The van der Waals surface area contributed by atoms with E-state index >= 15 is 0 Å². The molecule has 6 atom stereocenters. The van der Waals surface area contributed by atoms with E-state index in [0.29, 0.717) is 44.2 Å². The molecule has 10 nitrogen and oxygen atoms in total. The first-order valence-electron chi connectivity index (χ1n) is 10.7. The van der Waals surface area contributed by atoms with E-state index in [1.807, 2.05) is 0 Å². The quantitative estimate of drug-likeness (QED) is 0.458. The number of likely N-dealkylation sites (N-methyl/N-ethyl adjacent to an activating group) is 1. The second-order valence-electron chi connectivity index (χ2n) is 8.68. The van der Waals surface area contributed by atoms with Crippen molar-refractivity contribution in [2.45, 2.75) is 49.9 Å². The highest BCUT2D eigenvalue weighted by molar-refractivity contribution is 5.65. The number of ether oxygens (including phenoxy) is 1. The lowest BCUT2D eigenvalue weighted by molar-refractivity contribution is -0.0886. The second kappa shape index (κ2) is 9.12. The lowest BCUT2D eigenvalue weighted by atomic mass is 9.95. The summed E-state index contributed by atoms with van der Waals surface area (Å²) in [6.07, 6.45) is 1.55. The molecule has 0 aromatic carbocycles. The van der Waals surface area contributed by atoms with Crippen LogP contribution in [0.1, 0.15) is 19.3 Å². The fraction of sp³-hybridized carbons (Fsp3) is 0.895. The summed E-state index contributed by atoms with van der Waals surface area (Å²) < 4.78 is 6.23. The van der Waals surface area contributed by atoms with Crippen molar-refractivity contribution >= 4 is 6.09 Å². The van der Waals surface area contributed by atoms with Gasteiger partial charge in [0.25, 0.3) is 0 Å². The molecule has 0 aromatic heterocycles. The molecule has 0 aliphatic carbocycles. The van der Waals surface area contributed by atoms with Crippen LogP contribution in [0, 0.1) is 17.2 Å². The van der Waals surface area contributed by atoms with E-state index in [2.05, 4.69) is 38.9 Å². The topological polar surface area (TPSA) is 116 Å². The van der Waals surface area contributed by atoms with Crippen LogP contribution in [0.4, 0.5) is 4.79 Å². The first-order valence-corrected chi connectivity index (χ1v) is 10.7. The molecule has 4 rings (SSSR count). The average Bonchev–Trinajstić information content (AvgIpc) is 3.34. The Kier molecular flexibility index (Phi) is 6.53. The lowest BCUT2D eigenvalue weighted by Gasteiger charge is -2.49. The molecule has 0 saturated carbocycles. The third-order valence-electron chi connectivity index (χ3n) is 6.96. The Balaban J connectivity index is 1.40. The molecule has 1 amide bonds. The highest BCUT2D eigenvalue weighted by Crippen LogP contribution is 2.25. The predicted molar refractivity (Wildman–Crippen MR) is 106 cm³/mol. The van der Waals surface area contributed by atoms with E-state index in [1.165, 1.54) is 17.7 Å². The Morgan fingerprint density at radius 3 is 2.83 bits per heavy atom. The van der Waals surface area contributed by atoms with Crippen LogP contribution < -0.4 is 16.0 Å². The third-order valence-corrected chi connectivity index (χ3v) is 6.96. The van der Waals surface area contributed by atoms with Crippen LogP contribution in [0.15, 0.2) is 0 Å². The standard InChI is InChI=1S/C19H33N7O3/c1-24-6-2-3-14(24)12-29-18-22-16-10-21-9-15(16)17(23-18)25-7-8-26(19(27)28)13(11-25)4-5-20/h13-18,21-23H,2-4,6-12H2,1H3,(H,27,28)/t13?,14-,15?,16?,17?,18?/m0/s1. The summed E-state index contributed by atoms with van der Waals surface area (Å²) in [4.78, 5) is 17.6. The number of nitriles is 1. The minimum atomic E-state index is -0.939. The van der Waals surface area contributed by atoms with Gasteiger partial charge in [0.15, 0.2) is 6.35 Å². The number of piperazine rings is 1. The zero-order chi connectivity index (χ0) is 20.4. The van der Waals surface area contributed by atoms with Crippen molar-refractivity contribution in [2.24, 2.45) is 5.92 Å². The van der Waals surface area contributed by atoms with Crippen LogP contribution >= 0.6 is 0 Å². The van der Waals surface area contributed by atoms with Gasteiger partial charge in [0.1, 0.15) is 0 Å². The van der Waals surface area contributed by atoms with Gasteiger partial charge < -0.3 is 25.0 Å². The van der Waals surface area contributed by atoms with Gasteiger partial charge >= 0.3 is 6.09 Å². The van der Waals surface area contributed by atoms with Crippen LogP contribution in [-0.4, -0.2) is 109 Å². The smallest absolute Gasteiger partial charge is 0.407 e. The van der Waals surface area contributed by atoms with Crippen LogP contribution in [0.2, 0.25) is 0 Å². The van der Waals surface area contributed by atoms with Gasteiger partial charge in [-0.1, -0.05) is 0 Å². The maximum absolute atomic E-state index is 11.5. The van der Waals surface area contributed by atoms with Gasteiger partial charge in [0.2, 0.25) is 0 Å². The highest BCUT2D eigenvalue weighted by atomic mass is 16.5. The Morgan fingerprint density at radius 1 is 1.24 bits per heavy atom. The normalized spacial score (nSPS) is 38.7. The number of nitrogens with zero attached hydrogens (tertiary/aromatic N) is 4. The average molecular weight is 408 g/mol. The predicted octanol–water partition coefficient (Wildman–Crippen LogP) is -0.934. The van der Waals surface area contributed by atoms with Crippen molar-refractivity contribution in [2.75, 3.05) is 52.9 Å². The fourth-order valence-corrected chi connectivity index (χ4v) is 5.27. The molecule has 162 valence electrons. The summed E-state index contributed by atoms with van der Waals surface area (Å²) >= 11 is 0. The van der Waals surface area contributed by atoms with E-state index in [4.69, 9.17) is 10.00 Å². The van der Waals surface area contributed by atoms with E-state index < -0.39 is 6.09 Å². The molecule has 0 spiro atoms. The molecule has 4 heterocycles. The molecule has 0 bridgehead atoms. The molecule has 0 aromatic rings. The molecule has 0 radical (unpaired) electrons. The molecular formula is C19H33N7O3. The molecule has 4 saturated heterocycles. The monoisotopic (exact) mass is 407 g/mol. The van der Waals surface area contributed by atoms with Crippen molar-refractivity contribution in [3.63, 3.8) is 0 Å². The first-order chi connectivity index (χ1) is 14.1. The Labute approximate surface area is 172 Å². The summed E-state index contributed by atoms with van der Waals surface area (Å²) in [5.41, 5.74) is 0. The molecule has 10 heteroatoms. The highest BCUT2D eigenvalue weighted by Gasteiger charge is 2.45. The zero-order valence-electron chi connectivity index (χ0n) is 17.1. The molecular weight excluding hydrogens is 374 g/mol. The molecule has 4 N–H and O–H groups in total. The zero-order valence-corrected chi connectivity index (χ0v) is 17.1. The minimum absolute atomic E-state index is 0.0969. The first kappa shape index (κ1) is 20.8. The van der Waals surface area contributed by atoms with Gasteiger partial charge in [0.05, 0.1) is 31.3 Å². The lowest BCUT2D eigenvalue weighted by Crippen LogP contribution is -2.71. The number of amides is 1. The Hall–Kier alpha value is -1.48. The Morgan fingerprint density at radius 2 is 2.10 bits per heavy atom. The van der Waals surface area contributed by atoms with Gasteiger partial charge in [-0.2, -0.15) is 5.26 Å². The summed E-state index contributed by atoms with van der Waals surface area (Å²) in [6, 6.07) is 2.65. The van der Waals surface area contributed by atoms with Gasteiger partial charge in [-0.3, -0.25) is 15.5 Å².